The monoisotopic (exact) mass is 575 g/mol. The summed E-state index contributed by atoms with van der Waals surface area (Å²) in [5.74, 6) is -0.530. The highest BCUT2D eigenvalue weighted by Crippen LogP contribution is 2.31. The third kappa shape index (κ3) is 8.83. The Morgan fingerprint density at radius 1 is 1.00 bits per heavy atom. The van der Waals surface area contributed by atoms with E-state index in [-0.39, 0.29) is 54.5 Å². The number of hydrogen-bond donors (Lipinski definition) is 1. The van der Waals surface area contributed by atoms with E-state index in [0.717, 1.165) is 22.5 Å². The molecule has 0 saturated heterocycles. The molecule has 2 amide bonds. The summed E-state index contributed by atoms with van der Waals surface area (Å²) in [7, 11) is -3.69. The van der Waals surface area contributed by atoms with Crippen LogP contribution >= 0.6 is 34.8 Å². The van der Waals surface area contributed by atoms with E-state index >= 15 is 0 Å². The fourth-order valence-corrected chi connectivity index (χ4v) is 5.03. The van der Waals surface area contributed by atoms with E-state index in [4.69, 9.17) is 34.8 Å². The van der Waals surface area contributed by atoms with Gasteiger partial charge in [0.2, 0.25) is 21.8 Å². The van der Waals surface area contributed by atoms with Gasteiger partial charge in [-0.2, -0.15) is 0 Å². The molecule has 0 fully saturated rings. The molecular formula is C25H32Cl3N3O4S. The molecule has 0 aliphatic rings. The molecule has 0 aliphatic heterocycles. The zero-order valence-corrected chi connectivity index (χ0v) is 23.9. The molecule has 36 heavy (non-hydrogen) atoms. The second-order valence-electron chi connectivity index (χ2n) is 8.68. The molecule has 2 aromatic carbocycles. The number of anilines is 1. The van der Waals surface area contributed by atoms with Crippen molar-refractivity contribution in [3.8, 4) is 0 Å². The van der Waals surface area contributed by atoms with Gasteiger partial charge in [0.25, 0.3) is 0 Å². The van der Waals surface area contributed by atoms with Crippen molar-refractivity contribution in [2.75, 3.05) is 17.1 Å². The van der Waals surface area contributed by atoms with Gasteiger partial charge in [-0.3, -0.25) is 13.9 Å². The van der Waals surface area contributed by atoms with E-state index in [1.807, 2.05) is 13.8 Å². The Bertz CT molecular complexity index is 1160. The first kappa shape index (κ1) is 30.2. The van der Waals surface area contributed by atoms with Gasteiger partial charge in [-0.25, -0.2) is 8.42 Å². The number of amides is 2. The first-order chi connectivity index (χ1) is 16.8. The van der Waals surface area contributed by atoms with Crippen LogP contribution in [0.25, 0.3) is 0 Å². The number of nitrogens with zero attached hydrogens (tertiary/aromatic N) is 2. The van der Waals surface area contributed by atoms with Crippen molar-refractivity contribution >= 4 is 62.3 Å². The lowest BCUT2D eigenvalue weighted by Crippen LogP contribution is -2.49. The molecule has 0 heterocycles. The fourth-order valence-electron chi connectivity index (χ4n) is 3.49. The van der Waals surface area contributed by atoms with Crippen molar-refractivity contribution in [1.29, 1.82) is 0 Å². The van der Waals surface area contributed by atoms with Gasteiger partial charge in [-0.1, -0.05) is 53.9 Å². The molecule has 2 atom stereocenters. The van der Waals surface area contributed by atoms with Crippen LogP contribution in [-0.2, 0) is 26.2 Å². The van der Waals surface area contributed by atoms with E-state index in [2.05, 4.69) is 5.32 Å². The van der Waals surface area contributed by atoms with Gasteiger partial charge in [0.15, 0.2) is 0 Å². The maximum Gasteiger partial charge on any atom is 0.242 e. The van der Waals surface area contributed by atoms with Crippen molar-refractivity contribution in [3.05, 3.63) is 63.1 Å². The predicted molar refractivity (Wildman–Crippen MR) is 147 cm³/mol. The average Bonchev–Trinajstić information content (AvgIpc) is 2.81. The van der Waals surface area contributed by atoms with Crippen LogP contribution in [0.15, 0.2) is 42.5 Å². The molecule has 0 radical (unpaired) electrons. The van der Waals surface area contributed by atoms with Gasteiger partial charge < -0.3 is 10.2 Å². The Hall–Kier alpha value is -2.00. The highest BCUT2D eigenvalue weighted by Gasteiger charge is 2.27. The minimum absolute atomic E-state index is 0.0207. The summed E-state index contributed by atoms with van der Waals surface area (Å²) >= 11 is 18.3. The molecule has 0 aromatic heterocycles. The lowest BCUT2D eigenvalue weighted by molar-refractivity contribution is -0.140. The van der Waals surface area contributed by atoms with Crippen LogP contribution in [0, 0.1) is 0 Å². The summed E-state index contributed by atoms with van der Waals surface area (Å²) in [6.45, 7) is 5.77. The Morgan fingerprint density at radius 2 is 1.61 bits per heavy atom. The summed E-state index contributed by atoms with van der Waals surface area (Å²) in [6.07, 6.45) is 2.07. The Balaban J connectivity index is 2.20. The molecule has 11 heteroatoms. The first-order valence-corrected chi connectivity index (χ1v) is 14.6. The van der Waals surface area contributed by atoms with E-state index < -0.39 is 16.1 Å². The Morgan fingerprint density at radius 3 is 2.19 bits per heavy atom. The standard InChI is InChI=1S/C25H32Cl3N3O4S/c1-5-17(2)29-25(33)18(3)30(16-19-8-10-20(26)11-9-19)24(32)7-6-14-31(36(4,34)35)23-15-21(27)12-13-22(23)28/h8-13,15,17-18H,5-7,14,16H2,1-4H3,(H,29,33). The molecule has 0 saturated carbocycles. The molecule has 7 nitrogen and oxygen atoms in total. The number of nitrogens with one attached hydrogen (secondary N) is 1. The topological polar surface area (TPSA) is 86.8 Å². The summed E-state index contributed by atoms with van der Waals surface area (Å²) in [5, 5.41) is 4.06. The molecule has 2 aromatic rings. The number of benzene rings is 2. The summed E-state index contributed by atoms with van der Waals surface area (Å²) < 4.78 is 26.1. The minimum atomic E-state index is -3.69. The molecule has 1 N–H and O–H groups in total. The van der Waals surface area contributed by atoms with Gasteiger partial charge >= 0.3 is 0 Å². The Kier molecular flexibility index (Phi) is 11.3. The number of hydrogen-bond acceptors (Lipinski definition) is 4. The quantitative estimate of drug-likeness (QED) is 0.360. The van der Waals surface area contributed by atoms with E-state index in [1.165, 1.54) is 17.0 Å². The van der Waals surface area contributed by atoms with Gasteiger partial charge in [0, 0.05) is 35.6 Å². The smallest absolute Gasteiger partial charge is 0.242 e. The zero-order valence-electron chi connectivity index (χ0n) is 20.8. The van der Waals surface area contributed by atoms with Crippen molar-refractivity contribution in [2.24, 2.45) is 0 Å². The van der Waals surface area contributed by atoms with Crippen molar-refractivity contribution in [1.82, 2.24) is 10.2 Å². The summed E-state index contributed by atoms with van der Waals surface area (Å²) in [4.78, 5) is 27.6. The highest BCUT2D eigenvalue weighted by atomic mass is 35.5. The van der Waals surface area contributed by atoms with E-state index in [9.17, 15) is 18.0 Å². The minimum Gasteiger partial charge on any atom is -0.352 e. The molecule has 0 bridgehead atoms. The first-order valence-electron chi connectivity index (χ1n) is 11.6. The van der Waals surface area contributed by atoms with Crippen LogP contribution in [-0.4, -0.2) is 50.0 Å². The third-order valence-corrected chi connectivity index (χ3v) is 7.75. The summed E-state index contributed by atoms with van der Waals surface area (Å²) in [5.41, 5.74) is 1.07. The fraction of sp³-hybridized carbons (Fsp3) is 0.440. The average molecular weight is 577 g/mol. The number of sulfonamides is 1. The maximum absolute atomic E-state index is 13.3. The van der Waals surface area contributed by atoms with Crippen LogP contribution in [0.4, 0.5) is 5.69 Å². The molecule has 0 aliphatic carbocycles. The number of halogens is 3. The van der Waals surface area contributed by atoms with Crippen LogP contribution in [0.1, 0.15) is 45.6 Å². The number of rotatable bonds is 12. The molecule has 2 rings (SSSR count). The number of carbonyl (C=O) groups excluding carboxylic acids is 2. The van der Waals surface area contributed by atoms with E-state index in [1.54, 1.807) is 37.3 Å². The third-order valence-electron chi connectivity index (χ3n) is 5.76. The van der Waals surface area contributed by atoms with Crippen LogP contribution < -0.4 is 9.62 Å². The zero-order chi connectivity index (χ0) is 27.0. The molecule has 2 unspecified atom stereocenters. The van der Waals surface area contributed by atoms with Crippen molar-refractivity contribution < 1.29 is 18.0 Å². The second-order valence-corrected chi connectivity index (χ2v) is 11.9. The largest absolute Gasteiger partial charge is 0.352 e. The molecular weight excluding hydrogens is 545 g/mol. The van der Waals surface area contributed by atoms with E-state index in [0.29, 0.717) is 10.0 Å². The summed E-state index contributed by atoms with van der Waals surface area (Å²) in [6, 6.07) is 10.9. The lowest BCUT2D eigenvalue weighted by atomic mass is 10.1. The predicted octanol–water partition coefficient (Wildman–Crippen LogP) is 5.53. The highest BCUT2D eigenvalue weighted by molar-refractivity contribution is 7.92. The Labute approximate surface area is 228 Å². The second kappa shape index (κ2) is 13.5. The van der Waals surface area contributed by atoms with Gasteiger partial charge in [0.05, 0.1) is 17.0 Å². The van der Waals surface area contributed by atoms with Crippen molar-refractivity contribution in [2.45, 2.75) is 58.7 Å². The van der Waals surface area contributed by atoms with Crippen LogP contribution in [0.5, 0.6) is 0 Å². The normalized spacial score (nSPS) is 13.1. The molecule has 0 spiro atoms. The number of carbonyl (C=O) groups is 2. The van der Waals surface area contributed by atoms with Crippen molar-refractivity contribution in [3.63, 3.8) is 0 Å². The lowest BCUT2D eigenvalue weighted by Gasteiger charge is -2.30. The SMILES string of the molecule is CCC(C)NC(=O)C(C)N(Cc1ccc(Cl)cc1)C(=O)CCCN(c1cc(Cl)ccc1Cl)S(C)(=O)=O. The van der Waals surface area contributed by atoms with Crippen LogP contribution in [0.2, 0.25) is 15.1 Å². The van der Waals surface area contributed by atoms with Gasteiger partial charge in [-0.05, 0) is 62.6 Å². The van der Waals surface area contributed by atoms with Gasteiger partial charge in [-0.15, -0.1) is 0 Å². The van der Waals surface area contributed by atoms with Gasteiger partial charge in [0.1, 0.15) is 6.04 Å². The van der Waals surface area contributed by atoms with Crippen LogP contribution in [0.3, 0.4) is 0 Å². The maximum atomic E-state index is 13.3. The molecule has 198 valence electrons.